The fourth-order valence-electron chi connectivity index (χ4n) is 1.57. The molecule has 0 fully saturated rings. The molecule has 0 amide bonds. The monoisotopic (exact) mass is 269 g/mol. The lowest BCUT2D eigenvalue weighted by Crippen LogP contribution is -2.17. The second-order valence-electron chi connectivity index (χ2n) is 3.86. The SMILES string of the molecule is CC(NCc1ccc(Cl)s1)c1ccc(F)cc1. The van der Waals surface area contributed by atoms with E-state index in [4.69, 9.17) is 11.6 Å². The maximum absolute atomic E-state index is 12.8. The van der Waals surface area contributed by atoms with Crippen molar-refractivity contribution in [2.24, 2.45) is 0 Å². The highest BCUT2D eigenvalue weighted by Crippen LogP contribution is 2.22. The molecule has 0 spiro atoms. The van der Waals surface area contributed by atoms with E-state index in [1.807, 2.05) is 12.1 Å². The highest BCUT2D eigenvalue weighted by molar-refractivity contribution is 7.16. The van der Waals surface area contributed by atoms with Crippen LogP contribution >= 0.6 is 22.9 Å². The first-order valence-electron chi connectivity index (χ1n) is 5.38. The third kappa shape index (κ3) is 3.53. The summed E-state index contributed by atoms with van der Waals surface area (Å²) in [4.78, 5) is 1.20. The summed E-state index contributed by atoms with van der Waals surface area (Å²) in [6.45, 7) is 2.83. The van der Waals surface area contributed by atoms with Gasteiger partial charge in [-0.1, -0.05) is 23.7 Å². The molecule has 1 aromatic carbocycles. The van der Waals surface area contributed by atoms with Crippen molar-refractivity contribution >= 4 is 22.9 Å². The van der Waals surface area contributed by atoms with Gasteiger partial charge in [0, 0.05) is 17.5 Å². The molecule has 0 aliphatic carbocycles. The van der Waals surface area contributed by atoms with Crippen molar-refractivity contribution in [2.75, 3.05) is 0 Å². The molecule has 1 nitrogen and oxygen atoms in total. The molecule has 17 heavy (non-hydrogen) atoms. The van der Waals surface area contributed by atoms with Gasteiger partial charge in [-0.3, -0.25) is 0 Å². The lowest BCUT2D eigenvalue weighted by molar-refractivity contribution is 0.575. The number of halogens is 2. The number of rotatable bonds is 4. The highest BCUT2D eigenvalue weighted by atomic mass is 35.5. The summed E-state index contributed by atoms with van der Waals surface area (Å²) < 4.78 is 13.6. The number of nitrogens with one attached hydrogen (secondary N) is 1. The number of thiophene rings is 1. The number of benzene rings is 1. The zero-order valence-electron chi connectivity index (χ0n) is 9.41. The van der Waals surface area contributed by atoms with Crippen molar-refractivity contribution in [1.29, 1.82) is 0 Å². The minimum Gasteiger partial charge on any atom is -0.305 e. The number of hydrogen-bond acceptors (Lipinski definition) is 2. The van der Waals surface area contributed by atoms with E-state index in [2.05, 4.69) is 12.2 Å². The summed E-state index contributed by atoms with van der Waals surface area (Å²) in [5, 5.41) is 3.38. The first kappa shape index (κ1) is 12.6. The van der Waals surface area contributed by atoms with E-state index in [1.54, 1.807) is 23.5 Å². The first-order valence-corrected chi connectivity index (χ1v) is 6.57. The Balaban J connectivity index is 1.93. The van der Waals surface area contributed by atoms with Crippen LogP contribution in [0.5, 0.6) is 0 Å². The van der Waals surface area contributed by atoms with Gasteiger partial charge in [0.2, 0.25) is 0 Å². The van der Waals surface area contributed by atoms with Crippen LogP contribution in [-0.2, 0) is 6.54 Å². The first-order chi connectivity index (χ1) is 8.15. The fourth-order valence-corrected chi connectivity index (χ4v) is 2.61. The third-order valence-corrected chi connectivity index (χ3v) is 3.81. The maximum atomic E-state index is 12.8. The number of hydrogen-bond donors (Lipinski definition) is 1. The van der Waals surface area contributed by atoms with Gasteiger partial charge in [-0.05, 0) is 36.8 Å². The van der Waals surface area contributed by atoms with Gasteiger partial charge in [-0.25, -0.2) is 4.39 Å². The van der Waals surface area contributed by atoms with Crippen molar-refractivity contribution in [2.45, 2.75) is 19.5 Å². The molecular formula is C13H13ClFNS. The van der Waals surface area contributed by atoms with Crippen LogP contribution in [0.4, 0.5) is 4.39 Å². The quantitative estimate of drug-likeness (QED) is 0.868. The Morgan fingerprint density at radius 3 is 2.53 bits per heavy atom. The highest BCUT2D eigenvalue weighted by Gasteiger charge is 2.05. The van der Waals surface area contributed by atoms with Crippen molar-refractivity contribution in [3.8, 4) is 0 Å². The van der Waals surface area contributed by atoms with E-state index in [1.165, 1.54) is 17.0 Å². The van der Waals surface area contributed by atoms with E-state index in [-0.39, 0.29) is 11.9 Å². The molecule has 0 saturated carbocycles. The molecule has 2 aromatic rings. The van der Waals surface area contributed by atoms with E-state index in [0.29, 0.717) is 0 Å². The molecule has 0 aliphatic heterocycles. The van der Waals surface area contributed by atoms with Crippen LogP contribution in [-0.4, -0.2) is 0 Å². The predicted molar refractivity (Wildman–Crippen MR) is 71.0 cm³/mol. The zero-order chi connectivity index (χ0) is 12.3. The summed E-state index contributed by atoms with van der Waals surface area (Å²) in [6.07, 6.45) is 0. The summed E-state index contributed by atoms with van der Waals surface area (Å²) in [7, 11) is 0. The Hall–Kier alpha value is -0.900. The smallest absolute Gasteiger partial charge is 0.123 e. The summed E-state index contributed by atoms with van der Waals surface area (Å²) in [5.74, 6) is -0.203. The Morgan fingerprint density at radius 1 is 1.24 bits per heavy atom. The van der Waals surface area contributed by atoms with Gasteiger partial charge in [-0.2, -0.15) is 0 Å². The molecule has 90 valence electrons. The van der Waals surface area contributed by atoms with Gasteiger partial charge in [-0.15, -0.1) is 11.3 Å². The van der Waals surface area contributed by atoms with Crippen LogP contribution in [0.2, 0.25) is 4.34 Å². The molecular weight excluding hydrogens is 257 g/mol. The molecule has 1 N–H and O–H groups in total. The topological polar surface area (TPSA) is 12.0 Å². The van der Waals surface area contributed by atoms with Gasteiger partial charge in [0.25, 0.3) is 0 Å². The Morgan fingerprint density at radius 2 is 1.94 bits per heavy atom. The van der Waals surface area contributed by atoms with Crippen molar-refractivity contribution in [1.82, 2.24) is 5.32 Å². The second kappa shape index (κ2) is 5.63. The van der Waals surface area contributed by atoms with Gasteiger partial charge in [0.1, 0.15) is 5.82 Å². The summed E-state index contributed by atoms with van der Waals surface area (Å²) in [5.41, 5.74) is 1.08. The van der Waals surface area contributed by atoms with Crippen LogP contribution in [0.15, 0.2) is 36.4 Å². The molecule has 1 unspecified atom stereocenters. The van der Waals surface area contributed by atoms with E-state index in [0.717, 1.165) is 16.4 Å². The van der Waals surface area contributed by atoms with Crippen LogP contribution < -0.4 is 5.32 Å². The second-order valence-corrected chi connectivity index (χ2v) is 5.66. The van der Waals surface area contributed by atoms with Crippen LogP contribution in [0.3, 0.4) is 0 Å². The fraction of sp³-hybridized carbons (Fsp3) is 0.231. The maximum Gasteiger partial charge on any atom is 0.123 e. The summed E-state index contributed by atoms with van der Waals surface area (Å²) >= 11 is 7.43. The van der Waals surface area contributed by atoms with Crippen molar-refractivity contribution < 1.29 is 4.39 Å². The molecule has 0 aliphatic rings. The lowest BCUT2D eigenvalue weighted by atomic mass is 10.1. The summed E-state index contributed by atoms with van der Waals surface area (Å²) in [6, 6.07) is 10.7. The van der Waals surface area contributed by atoms with E-state index >= 15 is 0 Å². The molecule has 4 heteroatoms. The Kier molecular flexibility index (Phi) is 4.15. The zero-order valence-corrected chi connectivity index (χ0v) is 11.0. The normalized spacial score (nSPS) is 12.6. The van der Waals surface area contributed by atoms with Gasteiger partial charge < -0.3 is 5.32 Å². The molecule has 0 saturated heterocycles. The lowest BCUT2D eigenvalue weighted by Gasteiger charge is -2.13. The molecule has 1 heterocycles. The Labute approximate surface area is 109 Å². The minimum atomic E-state index is -0.203. The van der Waals surface area contributed by atoms with Gasteiger partial charge in [0.05, 0.1) is 4.34 Å². The van der Waals surface area contributed by atoms with Crippen LogP contribution in [0.1, 0.15) is 23.4 Å². The van der Waals surface area contributed by atoms with Gasteiger partial charge >= 0.3 is 0 Å². The average Bonchev–Trinajstić information content (AvgIpc) is 2.73. The molecule has 1 aromatic heterocycles. The third-order valence-electron chi connectivity index (χ3n) is 2.58. The Bertz CT molecular complexity index is 480. The predicted octanol–water partition coefficient (Wildman–Crippen LogP) is 4.39. The molecule has 2 rings (SSSR count). The average molecular weight is 270 g/mol. The standard InChI is InChI=1S/C13H13ClFNS/c1-9(10-2-4-11(15)5-3-10)16-8-12-6-7-13(14)17-12/h2-7,9,16H,8H2,1H3. The minimum absolute atomic E-state index is 0.191. The largest absolute Gasteiger partial charge is 0.305 e. The molecule has 1 atom stereocenters. The van der Waals surface area contributed by atoms with E-state index in [9.17, 15) is 4.39 Å². The molecule has 0 radical (unpaired) electrons. The van der Waals surface area contributed by atoms with Crippen molar-refractivity contribution in [3.05, 3.63) is 57.0 Å². The molecule has 0 bridgehead atoms. The van der Waals surface area contributed by atoms with Crippen LogP contribution in [0.25, 0.3) is 0 Å². The van der Waals surface area contributed by atoms with Crippen molar-refractivity contribution in [3.63, 3.8) is 0 Å². The van der Waals surface area contributed by atoms with Crippen LogP contribution in [0, 0.1) is 5.82 Å². The van der Waals surface area contributed by atoms with E-state index < -0.39 is 0 Å². The van der Waals surface area contributed by atoms with Gasteiger partial charge in [0.15, 0.2) is 0 Å².